The summed E-state index contributed by atoms with van der Waals surface area (Å²) in [5, 5.41) is 3.29. The van der Waals surface area contributed by atoms with Crippen molar-refractivity contribution in [1.82, 2.24) is 5.32 Å². The van der Waals surface area contributed by atoms with E-state index in [2.05, 4.69) is 11.4 Å². The van der Waals surface area contributed by atoms with Gasteiger partial charge in [0.05, 0.1) is 12.0 Å². The van der Waals surface area contributed by atoms with Crippen molar-refractivity contribution in [3.63, 3.8) is 0 Å². The Morgan fingerprint density at radius 1 is 1.32 bits per heavy atom. The normalized spacial score (nSPS) is 30.1. The first-order valence-corrected chi connectivity index (χ1v) is 8.05. The molecule has 22 heavy (non-hydrogen) atoms. The molecule has 0 bridgehead atoms. The molecular weight excluding hydrogens is 277 g/mol. The minimum Gasteiger partial charge on any atom is -0.306 e. The fraction of sp³-hybridized carbons (Fsp3) is 0.421. The SMILES string of the molecule is CCCC(=O)C1C=CC(F)(C2NCCc3ccccc32)C=C1. The largest absolute Gasteiger partial charge is 0.306 e. The quantitative estimate of drug-likeness (QED) is 0.859. The number of ketones is 1. The molecule has 1 N–H and O–H groups in total. The van der Waals surface area contributed by atoms with Crippen LogP contribution in [-0.2, 0) is 11.2 Å². The summed E-state index contributed by atoms with van der Waals surface area (Å²) < 4.78 is 15.4. The number of carbonyl (C=O) groups excluding carboxylic acids is 1. The molecule has 3 rings (SSSR count). The lowest BCUT2D eigenvalue weighted by Gasteiger charge is -2.36. The van der Waals surface area contributed by atoms with E-state index in [4.69, 9.17) is 0 Å². The Hall–Kier alpha value is -1.74. The minimum absolute atomic E-state index is 0.161. The molecular formula is C19H22FNO. The Bertz CT molecular complexity index is 606. The van der Waals surface area contributed by atoms with Gasteiger partial charge in [0, 0.05) is 6.42 Å². The molecule has 3 heteroatoms. The molecule has 0 saturated heterocycles. The lowest BCUT2D eigenvalue weighted by atomic mass is 9.80. The van der Waals surface area contributed by atoms with Gasteiger partial charge in [0.15, 0.2) is 5.67 Å². The predicted octanol–water partition coefficient (Wildman–Crippen LogP) is 3.69. The summed E-state index contributed by atoms with van der Waals surface area (Å²) in [6.07, 6.45) is 8.86. The third-order valence-corrected chi connectivity index (χ3v) is 4.54. The van der Waals surface area contributed by atoms with Crippen LogP contribution in [0, 0.1) is 5.92 Å². The maximum atomic E-state index is 15.4. The zero-order valence-corrected chi connectivity index (χ0v) is 12.9. The summed E-state index contributed by atoms with van der Waals surface area (Å²) in [4.78, 5) is 11.9. The summed E-state index contributed by atoms with van der Waals surface area (Å²) >= 11 is 0. The lowest BCUT2D eigenvalue weighted by molar-refractivity contribution is -0.120. The van der Waals surface area contributed by atoms with Crippen LogP contribution in [0.1, 0.15) is 36.9 Å². The van der Waals surface area contributed by atoms with Crippen LogP contribution in [0.3, 0.4) is 0 Å². The summed E-state index contributed by atoms with van der Waals surface area (Å²) in [6, 6.07) is 7.62. The van der Waals surface area contributed by atoms with Crippen molar-refractivity contribution in [1.29, 1.82) is 0 Å². The van der Waals surface area contributed by atoms with Crippen molar-refractivity contribution in [2.24, 2.45) is 5.92 Å². The van der Waals surface area contributed by atoms with Crippen LogP contribution in [0.2, 0.25) is 0 Å². The van der Waals surface area contributed by atoms with Crippen LogP contribution in [0.4, 0.5) is 4.39 Å². The monoisotopic (exact) mass is 299 g/mol. The van der Waals surface area contributed by atoms with Crippen LogP contribution in [0.15, 0.2) is 48.6 Å². The van der Waals surface area contributed by atoms with Crippen molar-refractivity contribution in [2.75, 3.05) is 6.54 Å². The van der Waals surface area contributed by atoms with Gasteiger partial charge in [0.1, 0.15) is 5.78 Å². The molecule has 0 fully saturated rings. The van der Waals surface area contributed by atoms with E-state index in [0.717, 1.165) is 24.9 Å². The van der Waals surface area contributed by atoms with E-state index in [1.54, 1.807) is 24.3 Å². The zero-order valence-electron chi connectivity index (χ0n) is 12.9. The second kappa shape index (κ2) is 6.17. The highest BCUT2D eigenvalue weighted by molar-refractivity contribution is 5.84. The Labute approximate surface area is 131 Å². The van der Waals surface area contributed by atoms with Crippen LogP contribution >= 0.6 is 0 Å². The van der Waals surface area contributed by atoms with Crippen molar-refractivity contribution < 1.29 is 9.18 Å². The Morgan fingerprint density at radius 3 is 2.77 bits per heavy atom. The fourth-order valence-corrected chi connectivity index (χ4v) is 3.34. The van der Waals surface area contributed by atoms with Gasteiger partial charge in [-0.1, -0.05) is 43.3 Å². The smallest absolute Gasteiger partial charge is 0.166 e. The number of hydrogen-bond donors (Lipinski definition) is 1. The summed E-state index contributed by atoms with van der Waals surface area (Å²) in [5.74, 6) is -0.114. The third kappa shape index (κ3) is 2.78. The van der Waals surface area contributed by atoms with Gasteiger partial charge < -0.3 is 5.32 Å². The molecule has 2 aliphatic rings. The van der Waals surface area contributed by atoms with Gasteiger partial charge in [-0.05, 0) is 42.7 Å². The van der Waals surface area contributed by atoms with Gasteiger partial charge >= 0.3 is 0 Å². The van der Waals surface area contributed by atoms with Gasteiger partial charge in [-0.2, -0.15) is 0 Å². The number of benzene rings is 1. The first kappa shape index (κ1) is 15.2. The Morgan fingerprint density at radius 2 is 2.05 bits per heavy atom. The maximum absolute atomic E-state index is 15.4. The van der Waals surface area contributed by atoms with Crippen molar-refractivity contribution in [2.45, 2.75) is 37.9 Å². The van der Waals surface area contributed by atoms with Gasteiger partial charge in [-0.25, -0.2) is 4.39 Å². The number of alkyl halides is 1. The molecule has 0 aromatic heterocycles. The Balaban J connectivity index is 1.83. The van der Waals surface area contributed by atoms with Gasteiger partial charge in [-0.3, -0.25) is 4.79 Å². The maximum Gasteiger partial charge on any atom is 0.166 e. The number of nitrogens with one attached hydrogen (secondary N) is 1. The molecule has 0 spiro atoms. The topological polar surface area (TPSA) is 29.1 Å². The van der Waals surface area contributed by atoms with Crippen molar-refractivity contribution >= 4 is 5.78 Å². The highest BCUT2D eigenvalue weighted by atomic mass is 19.1. The molecule has 0 amide bonds. The second-order valence-corrected chi connectivity index (χ2v) is 6.12. The number of carbonyl (C=O) groups is 1. The fourth-order valence-electron chi connectivity index (χ4n) is 3.34. The number of hydrogen-bond acceptors (Lipinski definition) is 2. The van der Waals surface area contributed by atoms with Gasteiger partial charge in [0.25, 0.3) is 0 Å². The number of Topliss-reactive ketones (excluding diaryl/α,β-unsaturated/α-hetero) is 1. The van der Waals surface area contributed by atoms with E-state index in [-0.39, 0.29) is 17.7 Å². The van der Waals surface area contributed by atoms with E-state index >= 15 is 4.39 Å². The number of allylic oxidation sites excluding steroid dienone is 2. The molecule has 1 heterocycles. The molecule has 1 unspecified atom stereocenters. The van der Waals surface area contributed by atoms with Gasteiger partial charge in [-0.15, -0.1) is 0 Å². The summed E-state index contributed by atoms with van der Waals surface area (Å²) in [6.45, 7) is 2.75. The number of rotatable bonds is 4. The van der Waals surface area contributed by atoms with E-state index in [1.807, 2.05) is 25.1 Å². The highest BCUT2D eigenvalue weighted by Crippen LogP contribution is 2.38. The van der Waals surface area contributed by atoms with Crippen molar-refractivity contribution in [3.05, 3.63) is 59.7 Å². The molecule has 1 aliphatic heterocycles. The average Bonchev–Trinajstić information content (AvgIpc) is 2.55. The first-order valence-electron chi connectivity index (χ1n) is 8.05. The molecule has 0 radical (unpaired) electrons. The summed E-state index contributed by atoms with van der Waals surface area (Å²) in [5.41, 5.74) is 0.651. The van der Waals surface area contributed by atoms with Crippen LogP contribution < -0.4 is 5.32 Å². The Kier molecular flexibility index (Phi) is 4.25. The molecule has 1 aromatic carbocycles. The molecule has 1 aromatic rings. The number of fused-ring (bicyclic) bond motifs is 1. The second-order valence-electron chi connectivity index (χ2n) is 6.12. The average molecular weight is 299 g/mol. The van der Waals surface area contributed by atoms with E-state index in [9.17, 15) is 4.79 Å². The molecule has 1 aliphatic carbocycles. The summed E-state index contributed by atoms with van der Waals surface area (Å²) in [7, 11) is 0. The van der Waals surface area contributed by atoms with Crippen LogP contribution in [-0.4, -0.2) is 18.0 Å². The van der Waals surface area contributed by atoms with E-state index < -0.39 is 5.67 Å². The first-order chi connectivity index (χ1) is 10.6. The van der Waals surface area contributed by atoms with Crippen LogP contribution in [0.25, 0.3) is 0 Å². The van der Waals surface area contributed by atoms with E-state index in [0.29, 0.717) is 6.42 Å². The zero-order chi connectivity index (χ0) is 15.6. The lowest BCUT2D eigenvalue weighted by Crippen LogP contribution is -2.43. The van der Waals surface area contributed by atoms with Gasteiger partial charge in [0.2, 0.25) is 0 Å². The standard InChI is InChI=1S/C19H22FNO/c1-2-5-17(22)15-8-11-19(20,12-9-15)18-16-7-4-3-6-14(16)10-13-21-18/h3-4,6-9,11-12,15,18,21H,2,5,10,13H2,1H3. The molecule has 2 nitrogen and oxygen atoms in total. The molecule has 0 saturated carbocycles. The third-order valence-electron chi connectivity index (χ3n) is 4.54. The number of halogens is 1. The predicted molar refractivity (Wildman–Crippen MR) is 86.4 cm³/mol. The van der Waals surface area contributed by atoms with E-state index in [1.165, 1.54) is 5.56 Å². The molecule has 116 valence electrons. The molecule has 1 atom stereocenters. The highest BCUT2D eigenvalue weighted by Gasteiger charge is 2.39. The minimum atomic E-state index is -1.57. The van der Waals surface area contributed by atoms with Crippen LogP contribution in [0.5, 0.6) is 0 Å². The van der Waals surface area contributed by atoms with Crippen molar-refractivity contribution in [3.8, 4) is 0 Å².